The summed E-state index contributed by atoms with van der Waals surface area (Å²) in [4.78, 5) is 15.8. The van der Waals surface area contributed by atoms with Crippen molar-refractivity contribution in [3.05, 3.63) is 59.7 Å². The van der Waals surface area contributed by atoms with Crippen LogP contribution in [0.1, 0.15) is 17.2 Å². The van der Waals surface area contributed by atoms with Gasteiger partial charge in [0.05, 0.1) is 0 Å². The molecule has 1 heterocycles. The molecule has 0 saturated carbocycles. The zero-order valence-electron chi connectivity index (χ0n) is 9.71. The van der Waals surface area contributed by atoms with E-state index in [4.69, 9.17) is 5.73 Å². The minimum atomic E-state index is -0.603. The summed E-state index contributed by atoms with van der Waals surface area (Å²) in [7, 11) is 0. The van der Waals surface area contributed by atoms with Gasteiger partial charge in [0.15, 0.2) is 6.04 Å². The van der Waals surface area contributed by atoms with Gasteiger partial charge in [0, 0.05) is 11.8 Å². The third-order valence-electron chi connectivity index (χ3n) is 3.14. The maximum Gasteiger partial charge on any atom is 0.246 e. The number of rotatable bonds is 1. The van der Waals surface area contributed by atoms with Crippen molar-refractivity contribution in [2.24, 2.45) is 10.7 Å². The molecule has 1 aliphatic heterocycles. The Balaban J connectivity index is 2.31. The summed E-state index contributed by atoms with van der Waals surface area (Å²) in [5.41, 5.74) is 9.42. The molecule has 1 aliphatic rings. The van der Waals surface area contributed by atoms with Crippen LogP contribution in [0.25, 0.3) is 11.1 Å². The number of amides is 1. The lowest BCUT2D eigenvalue weighted by atomic mass is 9.93. The van der Waals surface area contributed by atoms with Crippen LogP contribution in [0.4, 0.5) is 0 Å². The van der Waals surface area contributed by atoms with Gasteiger partial charge in [0.1, 0.15) is 0 Å². The molecule has 1 amide bonds. The van der Waals surface area contributed by atoms with Crippen molar-refractivity contribution in [1.82, 2.24) is 0 Å². The second-order valence-electron chi connectivity index (χ2n) is 4.26. The van der Waals surface area contributed by atoms with E-state index in [2.05, 4.69) is 4.99 Å². The van der Waals surface area contributed by atoms with Crippen LogP contribution in [0.5, 0.6) is 0 Å². The molecule has 0 bridgehead atoms. The summed E-state index contributed by atoms with van der Waals surface area (Å²) in [6, 6.07) is 15.1. The van der Waals surface area contributed by atoms with E-state index in [1.54, 1.807) is 6.21 Å². The predicted molar refractivity (Wildman–Crippen MR) is 71.4 cm³/mol. The van der Waals surface area contributed by atoms with E-state index in [0.717, 1.165) is 22.3 Å². The number of nitrogens with two attached hydrogens (primary N) is 1. The van der Waals surface area contributed by atoms with E-state index < -0.39 is 11.9 Å². The molecule has 0 radical (unpaired) electrons. The number of benzene rings is 2. The molecule has 0 aliphatic carbocycles. The van der Waals surface area contributed by atoms with E-state index in [1.807, 2.05) is 48.5 Å². The average molecular weight is 236 g/mol. The van der Waals surface area contributed by atoms with Crippen molar-refractivity contribution in [2.75, 3.05) is 0 Å². The van der Waals surface area contributed by atoms with Gasteiger partial charge in [0.2, 0.25) is 5.91 Å². The second kappa shape index (κ2) is 4.11. The van der Waals surface area contributed by atoms with E-state index in [1.165, 1.54) is 0 Å². The lowest BCUT2D eigenvalue weighted by Gasteiger charge is -2.12. The summed E-state index contributed by atoms with van der Waals surface area (Å²) in [5, 5.41) is 0. The molecule has 2 aromatic carbocycles. The van der Waals surface area contributed by atoms with Gasteiger partial charge in [-0.3, -0.25) is 9.79 Å². The lowest BCUT2D eigenvalue weighted by Crippen LogP contribution is -2.20. The van der Waals surface area contributed by atoms with E-state index in [-0.39, 0.29) is 0 Å². The number of carbonyl (C=O) groups is 1. The summed E-state index contributed by atoms with van der Waals surface area (Å²) in [6.45, 7) is 0. The molecular formula is C15H12N2O. The Kier molecular flexibility index (Phi) is 2.45. The molecule has 0 saturated heterocycles. The van der Waals surface area contributed by atoms with Crippen LogP contribution in [0.2, 0.25) is 0 Å². The SMILES string of the molecule is NC(=O)C1N=Cc2ccccc2-c2ccccc21. The molecule has 3 nitrogen and oxygen atoms in total. The Labute approximate surface area is 105 Å². The van der Waals surface area contributed by atoms with Gasteiger partial charge in [-0.2, -0.15) is 0 Å². The highest BCUT2D eigenvalue weighted by Gasteiger charge is 2.22. The Bertz CT molecular complexity index is 646. The van der Waals surface area contributed by atoms with Gasteiger partial charge in [-0.1, -0.05) is 48.5 Å². The quantitative estimate of drug-likeness (QED) is 0.811. The highest BCUT2D eigenvalue weighted by molar-refractivity contribution is 5.96. The third kappa shape index (κ3) is 1.61. The molecule has 88 valence electrons. The van der Waals surface area contributed by atoms with Crippen molar-refractivity contribution >= 4 is 12.1 Å². The van der Waals surface area contributed by atoms with Gasteiger partial charge >= 0.3 is 0 Å². The van der Waals surface area contributed by atoms with Crippen molar-refractivity contribution in [1.29, 1.82) is 0 Å². The molecule has 0 aromatic heterocycles. The van der Waals surface area contributed by atoms with Gasteiger partial charge < -0.3 is 5.73 Å². The van der Waals surface area contributed by atoms with Crippen LogP contribution >= 0.6 is 0 Å². The molecule has 1 unspecified atom stereocenters. The van der Waals surface area contributed by atoms with Crippen LogP contribution in [0.3, 0.4) is 0 Å². The number of hydrogen-bond donors (Lipinski definition) is 1. The maximum atomic E-state index is 11.5. The Morgan fingerprint density at radius 1 is 1.00 bits per heavy atom. The normalized spacial score (nSPS) is 16.6. The molecule has 3 rings (SSSR count). The number of nitrogens with zero attached hydrogens (tertiary/aromatic N) is 1. The third-order valence-corrected chi connectivity index (χ3v) is 3.14. The summed E-state index contributed by atoms with van der Waals surface area (Å²) in [6.07, 6.45) is 1.73. The molecule has 1 atom stereocenters. The molecule has 18 heavy (non-hydrogen) atoms. The predicted octanol–water partition coefficient (Wildman–Crippen LogP) is 2.31. The van der Waals surface area contributed by atoms with Gasteiger partial charge in [-0.25, -0.2) is 0 Å². The molecule has 2 N–H and O–H groups in total. The molecule has 0 spiro atoms. The zero-order valence-corrected chi connectivity index (χ0v) is 9.71. The van der Waals surface area contributed by atoms with Crippen LogP contribution in [-0.2, 0) is 4.79 Å². The lowest BCUT2D eigenvalue weighted by molar-refractivity contribution is -0.119. The standard InChI is InChI=1S/C15H12N2O/c16-15(18)14-13-8-4-3-7-12(13)11-6-2-1-5-10(11)9-17-14/h1-9,14H,(H2,16,18). The topological polar surface area (TPSA) is 55.5 Å². The summed E-state index contributed by atoms with van der Waals surface area (Å²) >= 11 is 0. The molecule has 3 heteroatoms. The first-order valence-electron chi connectivity index (χ1n) is 5.78. The fraction of sp³-hybridized carbons (Fsp3) is 0.0667. The van der Waals surface area contributed by atoms with Crippen molar-refractivity contribution in [3.8, 4) is 11.1 Å². The fourth-order valence-corrected chi connectivity index (χ4v) is 2.30. The number of primary amides is 1. The van der Waals surface area contributed by atoms with Crippen molar-refractivity contribution in [2.45, 2.75) is 6.04 Å². The molecule has 0 fully saturated rings. The van der Waals surface area contributed by atoms with Crippen molar-refractivity contribution in [3.63, 3.8) is 0 Å². The largest absolute Gasteiger partial charge is 0.368 e. The Hall–Kier alpha value is -2.42. The smallest absolute Gasteiger partial charge is 0.246 e. The maximum absolute atomic E-state index is 11.5. The van der Waals surface area contributed by atoms with E-state index >= 15 is 0 Å². The number of carbonyl (C=O) groups excluding carboxylic acids is 1. The van der Waals surface area contributed by atoms with E-state index in [0.29, 0.717) is 0 Å². The van der Waals surface area contributed by atoms with Crippen molar-refractivity contribution < 1.29 is 4.79 Å². The first-order valence-corrected chi connectivity index (χ1v) is 5.78. The van der Waals surface area contributed by atoms with Gasteiger partial charge in [0.25, 0.3) is 0 Å². The second-order valence-corrected chi connectivity index (χ2v) is 4.26. The summed E-state index contributed by atoms with van der Waals surface area (Å²) < 4.78 is 0. The Morgan fingerprint density at radius 3 is 2.44 bits per heavy atom. The van der Waals surface area contributed by atoms with Gasteiger partial charge in [-0.15, -0.1) is 0 Å². The number of fused-ring (bicyclic) bond motifs is 3. The highest BCUT2D eigenvalue weighted by atomic mass is 16.1. The van der Waals surface area contributed by atoms with Crippen LogP contribution < -0.4 is 5.73 Å². The molecule has 2 aromatic rings. The van der Waals surface area contributed by atoms with Gasteiger partial charge in [-0.05, 0) is 16.7 Å². The minimum absolute atomic E-state index is 0.425. The Morgan fingerprint density at radius 2 is 1.67 bits per heavy atom. The minimum Gasteiger partial charge on any atom is -0.368 e. The molecular weight excluding hydrogens is 224 g/mol. The summed E-state index contributed by atoms with van der Waals surface area (Å²) in [5.74, 6) is -0.425. The average Bonchev–Trinajstić information content (AvgIpc) is 2.56. The zero-order chi connectivity index (χ0) is 12.5. The highest BCUT2D eigenvalue weighted by Crippen LogP contribution is 2.34. The number of hydrogen-bond acceptors (Lipinski definition) is 2. The van der Waals surface area contributed by atoms with Crippen LogP contribution in [0, 0.1) is 0 Å². The first-order chi connectivity index (χ1) is 8.77. The van der Waals surface area contributed by atoms with Crippen LogP contribution in [-0.4, -0.2) is 12.1 Å². The monoisotopic (exact) mass is 236 g/mol. The van der Waals surface area contributed by atoms with E-state index in [9.17, 15) is 4.79 Å². The van der Waals surface area contributed by atoms with Crippen LogP contribution in [0.15, 0.2) is 53.5 Å². The first kappa shape index (κ1) is 10.7. The fourth-order valence-electron chi connectivity index (χ4n) is 2.30. The number of aliphatic imine (C=N–C) groups is 1.